The van der Waals surface area contributed by atoms with E-state index in [1.807, 2.05) is 26.0 Å². The summed E-state index contributed by atoms with van der Waals surface area (Å²) in [5, 5.41) is 0. The molecule has 1 aromatic carbocycles. The van der Waals surface area contributed by atoms with Gasteiger partial charge in [-0.05, 0) is 37.1 Å². The smallest absolute Gasteiger partial charge is 0.223 e. The molecule has 5 heteroatoms. The number of rotatable bonds is 3. The van der Waals surface area contributed by atoms with Gasteiger partial charge in [0.2, 0.25) is 11.8 Å². The zero-order chi connectivity index (χ0) is 14.0. The summed E-state index contributed by atoms with van der Waals surface area (Å²) in [6.45, 7) is 3.99. The van der Waals surface area contributed by atoms with Crippen molar-refractivity contribution in [2.45, 2.75) is 13.8 Å². The minimum Gasteiger partial charge on any atom is -0.496 e. The first kappa shape index (κ1) is 13.1. The van der Waals surface area contributed by atoms with Crippen LogP contribution in [0, 0.1) is 13.8 Å². The highest BCUT2D eigenvalue weighted by Crippen LogP contribution is 2.30. The van der Waals surface area contributed by atoms with Crippen LogP contribution in [-0.2, 0) is 0 Å². The summed E-state index contributed by atoms with van der Waals surface area (Å²) in [7, 11) is 3.21. The maximum Gasteiger partial charge on any atom is 0.223 e. The quantitative estimate of drug-likeness (QED) is 0.916. The third-order valence-electron chi connectivity index (χ3n) is 2.95. The number of methoxy groups -OCH3 is 2. The molecule has 2 rings (SSSR count). The lowest BCUT2D eigenvalue weighted by molar-refractivity contribution is 0.398. The zero-order valence-corrected chi connectivity index (χ0v) is 11.5. The standard InChI is InChI=1S/C14H17N3O2/c1-8-6-12(18-3)9(2)5-10(8)11-7-13(19-4)17-14(15)16-11/h5-7H,1-4H3,(H2,15,16,17). The van der Waals surface area contributed by atoms with E-state index in [1.165, 1.54) is 0 Å². The molecular weight excluding hydrogens is 242 g/mol. The third kappa shape index (κ3) is 2.59. The van der Waals surface area contributed by atoms with Gasteiger partial charge in [-0.1, -0.05) is 0 Å². The maximum absolute atomic E-state index is 5.69. The van der Waals surface area contributed by atoms with E-state index >= 15 is 0 Å². The third-order valence-corrected chi connectivity index (χ3v) is 2.95. The van der Waals surface area contributed by atoms with Crippen molar-refractivity contribution >= 4 is 5.95 Å². The zero-order valence-electron chi connectivity index (χ0n) is 11.5. The first-order valence-corrected chi connectivity index (χ1v) is 5.89. The molecular formula is C14H17N3O2. The van der Waals surface area contributed by atoms with Gasteiger partial charge in [-0.2, -0.15) is 4.98 Å². The maximum atomic E-state index is 5.69. The molecule has 0 radical (unpaired) electrons. The van der Waals surface area contributed by atoms with Crippen LogP contribution in [0.5, 0.6) is 11.6 Å². The molecule has 0 atom stereocenters. The predicted octanol–water partition coefficient (Wildman–Crippen LogP) is 2.36. The van der Waals surface area contributed by atoms with Crippen LogP contribution < -0.4 is 15.2 Å². The van der Waals surface area contributed by atoms with Crippen LogP contribution in [0.1, 0.15) is 11.1 Å². The Bertz CT molecular complexity index is 612. The Morgan fingerprint density at radius 1 is 0.947 bits per heavy atom. The van der Waals surface area contributed by atoms with E-state index < -0.39 is 0 Å². The van der Waals surface area contributed by atoms with Crippen LogP contribution in [0.25, 0.3) is 11.3 Å². The Morgan fingerprint density at radius 3 is 2.32 bits per heavy atom. The number of hydrogen-bond acceptors (Lipinski definition) is 5. The number of benzene rings is 1. The Kier molecular flexibility index (Phi) is 3.55. The van der Waals surface area contributed by atoms with Gasteiger partial charge in [0.1, 0.15) is 5.75 Å². The number of ether oxygens (including phenoxy) is 2. The van der Waals surface area contributed by atoms with Gasteiger partial charge in [0.25, 0.3) is 0 Å². The van der Waals surface area contributed by atoms with E-state index in [0.717, 1.165) is 28.1 Å². The lowest BCUT2D eigenvalue weighted by Crippen LogP contribution is -2.00. The lowest BCUT2D eigenvalue weighted by atomic mass is 10.0. The highest BCUT2D eigenvalue weighted by Gasteiger charge is 2.10. The van der Waals surface area contributed by atoms with Crippen molar-refractivity contribution < 1.29 is 9.47 Å². The molecule has 0 aliphatic heterocycles. The topological polar surface area (TPSA) is 70.3 Å². The second-order valence-corrected chi connectivity index (χ2v) is 4.29. The molecule has 0 amide bonds. The minimum absolute atomic E-state index is 0.197. The van der Waals surface area contributed by atoms with Crippen molar-refractivity contribution in [1.29, 1.82) is 0 Å². The van der Waals surface area contributed by atoms with Gasteiger partial charge in [0.15, 0.2) is 0 Å². The second-order valence-electron chi connectivity index (χ2n) is 4.29. The molecule has 5 nitrogen and oxygen atoms in total. The van der Waals surface area contributed by atoms with Crippen LogP contribution >= 0.6 is 0 Å². The molecule has 0 spiro atoms. The fourth-order valence-electron chi connectivity index (χ4n) is 1.97. The average molecular weight is 259 g/mol. The number of aromatic nitrogens is 2. The first-order chi connectivity index (χ1) is 9.05. The highest BCUT2D eigenvalue weighted by molar-refractivity contribution is 5.67. The highest BCUT2D eigenvalue weighted by atomic mass is 16.5. The summed E-state index contributed by atoms with van der Waals surface area (Å²) >= 11 is 0. The van der Waals surface area contributed by atoms with Gasteiger partial charge in [-0.25, -0.2) is 4.98 Å². The van der Waals surface area contributed by atoms with E-state index in [-0.39, 0.29) is 5.95 Å². The van der Waals surface area contributed by atoms with Crippen LogP contribution in [0.2, 0.25) is 0 Å². The number of nitrogens with two attached hydrogens (primary N) is 1. The largest absolute Gasteiger partial charge is 0.496 e. The summed E-state index contributed by atoms with van der Waals surface area (Å²) in [5.74, 6) is 1.51. The molecule has 1 aromatic heterocycles. The molecule has 0 saturated carbocycles. The second kappa shape index (κ2) is 5.14. The van der Waals surface area contributed by atoms with E-state index in [1.54, 1.807) is 20.3 Å². The van der Waals surface area contributed by atoms with Crippen molar-refractivity contribution in [2.75, 3.05) is 20.0 Å². The summed E-state index contributed by atoms with van der Waals surface area (Å²) in [6.07, 6.45) is 0. The molecule has 1 heterocycles. The van der Waals surface area contributed by atoms with E-state index in [9.17, 15) is 0 Å². The molecule has 19 heavy (non-hydrogen) atoms. The predicted molar refractivity (Wildman–Crippen MR) is 74.5 cm³/mol. The van der Waals surface area contributed by atoms with E-state index in [4.69, 9.17) is 15.2 Å². The van der Waals surface area contributed by atoms with Gasteiger partial charge < -0.3 is 15.2 Å². The van der Waals surface area contributed by atoms with Crippen molar-refractivity contribution in [1.82, 2.24) is 9.97 Å². The normalized spacial score (nSPS) is 10.3. The molecule has 0 unspecified atom stereocenters. The summed E-state index contributed by atoms with van der Waals surface area (Å²) in [4.78, 5) is 8.24. The summed E-state index contributed by atoms with van der Waals surface area (Å²) < 4.78 is 10.4. The molecule has 0 aliphatic carbocycles. The van der Waals surface area contributed by atoms with Crippen LogP contribution in [0.3, 0.4) is 0 Å². The Hall–Kier alpha value is -2.30. The molecule has 0 bridgehead atoms. The van der Waals surface area contributed by atoms with Crippen LogP contribution in [0.4, 0.5) is 5.95 Å². The Morgan fingerprint density at radius 2 is 1.68 bits per heavy atom. The molecule has 2 N–H and O–H groups in total. The molecule has 0 aliphatic rings. The fraction of sp³-hybridized carbons (Fsp3) is 0.286. The van der Waals surface area contributed by atoms with Gasteiger partial charge in [-0.3, -0.25) is 0 Å². The minimum atomic E-state index is 0.197. The summed E-state index contributed by atoms with van der Waals surface area (Å²) in [6, 6.07) is 5.77. The van der Waals surface area contributed by atoms with E-state index in [0.29, 0.717) is 5.88 Å². The van der Waals surface area contributed by atoms with Crippen molar-refractivity contribution in [3.63, 3.8) is 0 Å². The average Bonchev–Trinajstić information content (AvgIpc) is 2.40. The SMILES string of the molecule is COc1cc(-c2cc(C)c(OC)cc2C)nc(N)n1. The van der Waals surface area contributed by atoms with Crippen LogP contribution in [-0.4, -0.2) is 24.2 Å². The number of aryl methyl sites for hydroxylation is 2. The molecule has 0 fully saturated rings. The molecule has 100 valence electrons. The lowest BCUT2D eigenvalue weighted by Gasteiger charge is -2.12. The summed E-state index contributed by atoms with van der Waals surface area (Å²) in [5.41, 5.74) is 9.52. The molecule has 0 saturated heterocycles. The van der Waals surface area contributed by atoms with Gasteiger partial charge in [-0.15, -0.1) is 0 Å². The van der Waals surface area contributed by atoms with Crippen molar-refractivity contribution in [2.24, 2.45) is 0 Å². The number of nitrogens with zero attached hydrogens (tertiary/aromatic N) is 2. The van der Waals surface area contributed by atoms with Gasteiger partial charge in [0, 0.05) is 11.6 Å². The Labute approximate surface area is 112 Å². The Balaban J connectivity index is 2.58. The van der Waals surface area contributed by atoms with Gasteiger partial charge in [0.05, 0.1) is 19.9 Å². The van der Waals surface area contributed by atoms with Crippen LogP contribution in [0.15, 0.2) is 18.2 Å². The first-order valence-electron chi connectivity index (χ1n) is 5.89. The monoisotopic (exact) mass is 259 g/mol. The number of hydrogen-bond donors (Lipinski definition) is 1. The van der Waals surface area contributed by atoms with Gasteiger partial charge >= 0.3 is 0 Å². The van der Waals surface area contributed by atoms with Crippen molar-refractivity contribution in [3.05, 3.63) is 29.3 Å². The number of anilines is 1. The van der Waals surface area contributed by atoms with E-state index in [2.05, 4.69) is 9.97 Å². The fourth-order valence-corrected chi connectivity index (χ4v) is 1.97. The molecule has 2 aromatic rings. The number of nitrogen functional groups attached to an aromatic ring is 1. The van der Waals surface area contributed by atoms with Crippen molar-refractivity contribution in [3.8, 4) is 22.9 Å².